The van der Waals surface area contributed by atoms with Gasteiger partial charge < -0.3 is 9.11 Å². The van der Waals surface area contributed by atoms with E-state index in [-0.39, 0.29) is 88.7 Å². The van der Waals surface area contributed by atoms with Gasteiger partial charge in [-0.05, 0) is 20.2 Å². The molecule has 0 spiro atoms. The molecule has 11 heteroatoms. The summed E-state index contributed by atoms with van der Waals surface area (Å²) in [6.45, 7) is 0. The van der Waals surface area contributed by atoms with Gasteiger partial charge in [0.2, 0.25) is 0 Å². The van der Waals surface area contributed by atoms with Crippen LogP contribution in [0.4, 0.5) is 0 Å². The summed E-state index contributed by atoms with van der Waals surface area (Å²) < 4.78 is 53.8. The number of hydrogen-bond donors (Lipinski definition) is 0. The van der Waals surface area contributed by atoms with E-state index in [0.717, 1.165) is 0 Å². The summed E-state index contributed by atoms with van der Waals surface area (Å²) >= 11 is 0. The van der Waals surface area contributed by atoms with Gasteiger partial charge in [-0.1, -0.05) is 0 Å². The number of hydrogen-bond acceptors (Lipinski definition) is 6. The molecule has 0 aromatic rings. The van der Waals surface area contributed by atoms with Crippen molar-refractivity contribution in [3.63, 3.8) is 0 Å². The van der Waals surface area contributed by atoms with Gasteiger partial charge >= 0.3 is 88.7 Å². The Morgan fingerprint density at radius 3 is 0.692 bits per heavy atom. The maximum Gasteiger partial charge on any atom is 1.00 e. The zero-order chi connectivity index (χ0) is 9.00. The molecule has 0 N–H and O–H groups in total. The van der Waals surface area contributed by atoms with Gasteiger partial charge in [0.15, 0.2) is 0 Å². The van der Waals surface area contributed by atoms with Crippen molar-refractivity contribution >= 4 is 20.2 Å². The molecular weight excluding hydrogens is 253 g/mol. The van der Waals surface area contributed by atoms with Crippen molar-refractivity contribution in [2.45, 2.75) is 0 Å². The van der Waals surface area contributed by atoms with E-state index in [4.69, 9.17) is 25.9 Å². The third-order valence-corrected chi connectivity index (χ3v) is 0. The topological polar surface area (TPSA) is 114 Å². The quantitative estimate of drug-likeness (QED) is 0.242. The van der Waals surface area contributed by atoms with Crippen LogP contribution in [0.5, 0.6) is 0 Å². The van der Waals surface area contributed by atoms with Crippen LogP contribution in [0, 0.1) is 12.5 Å². The van der Waals surface area contributed by atoms with E-state index >= 15 is 0 Å². The molecule has 0 aliphatic heterocycles. The van der Waals surface area contributed by atoms with Crippen molar-refractivity contribution in [3.8, 4) is 0 Å². The monoisotopic (exact) mass is 257 g/mol. The van der Waals surface area contributed by atoms with E-state index in [1.165, 1.54) is 0 Å². The molecule has 6 nitrogen and oxygen atoms in total. The molecule has 0 unspecified atom stereocenters. The summed E-state index contributed by atoms with van der Waals surface area (Å²) in [7, 11) is -8.33. The van der Waals surface area contributed by atoms with Crippen LogP contribution < -0.4 is 88.7 Å². The third kappa shape index (κ3) is 306. The molecule has 0 aliphatic rings. The SMILES string of the molecule is [CH2-]S(=O)(=O)[O-].[CH2-]S(=O)(=O)[O-].[Na+].[Na+].[Na+]. The predicted octanol–water partition coefficient (Wildman–Crippen LogP) is -10.3. The summed E-state index contributed by atoms with van der Waals surface area (Å²) in [6.07, 6.45) is 4.38. The third-order valence-electron chi connectivity index (χ3n) is 0. The second kappa shape index (κ2) is 12.9. The number of rotatable bonds is 0. The van der Waals surface area contributed by atoms with Gasteiger partial charge in [0.05, 0.1) is 0 Å². The van der Waals surface area contributed by atoms with Crippen molar-refractivity contribution in [2.75, 3.05) is 0 Å². The first-order chi connectivity index (χ1) is 4.00. The average molecular weight is 257 g/mol. The molecule has 0 atom stereocenters. The molecule has 0 saturated carbocycles. The van der Waals surface area contributed by atoms with Gasteiger partial charge in [0.25, 0.3) is 0 Å². The van der Waals surface area contributed by atoms with Gasteiger partial charge in [-0.15, -0.1) is 0 Å². The fourth-order valence-electron chi connectivity index (χ4n) is 0. The Morgan fingerprint density at radius 1 is 0.692 bits per heavy atom. The van der Waals surface area contributed by atoms with Crippen LogP contribution in [0.2, 0.25) is 0 Å². The summed E-state index contributed by atoms with van der Waals surface area (Å²) in [6, 6.07) is 0. The van der Waals surface area contributed by atoms with E-state index in [9.17, 15) is 0 Å². The maximum absolute atomic E-state index is 8.97. The second-order valence-corrected chi connectivity index (χ2v) is 3.35. The molecule has 0 aliphatic carbocycles. The van der Waals surface area contributed by atoms with Gasteiger partial charge in [-0.25, -0.2) is 12.5 Å². The molecule has 0 rings (SSSR count). The van der Waals surface area contributed by atoms with Gasteiger partial charge in [0, 0.05) is 0 Å². The average Bonchev–Trinajstić information content (AvgIpc) is 1.12. The zero-order valence-corrected chi connectivity index (χ0v) is 15.3. The Bertz CT molecular complexity index is 220. The van der Waals surface area contributed by atoms with Crippen LogP contribution in [0.3, 0.4) is 0 Å². The first kappa shape index (κ1) is 29.7. The largest absolute Gasteiger partial charge is 1.00 e. The summed E-state index contributed by atoms with van der Waals surface area (Å²) in [5.41, 5.74) is 0. The maximum atomic E-state index is 8.97. The van der Waals surface area contributed by atoms with Gasteiger partial charge in [0.1, 0.15) is 0 Å². The fraction of sp³-hybridized carbons (Fsp3) is 0. The molecule has 64 valence electrons. The Labute approximate surface area is 145 Å². The van der Waals surface area contributed by atoms with Crippen LogP contribution in [0.25, 0.3) is 0 Å². The Hall–Kier alpha value is 2.82. The fourth-order valence-corrected chi connectivity index (χ4v) is 0. The summed E-state index contributed by atoms with van der Waals surface area (Å²) in [4.78, 5) is 0. The van der Waals surface area contributed by atoms with Crippen molar-refractivity contribution < 1.29 is 115 Å². The van der Waals surface area contributed by atoms with Crippen LogP contribution in [-0.4, -0.2) is 25.9 Å². The van der Waals surface area contributed by atoms with E-state index < -0.39 is 20.2 Å². The summed E-state index contributed by atoms with van der Waals surface area (Å²) in [5.74, 6) is 0. The molecule has 0 heterocycles. The molecule has 0 amide bonds. The normalized spacial score (nSPS) is 8.92. The molecule has 0 saturated heterocycles. The minimum atomic E-state index is -4.17. The van der Waals surface area contributed by atoms with Crippen molar-refractivity contribution in [1.82, 2.24) is 0 Å². The minimum absolute atomic E-state index is 0. The molecule has 0 aromatic carbocycles. The molecule has 13 heavy (non-hydrogen) atoms. The van der Waals surface area contributed by atoms with Crippen LogP contribution >= 0.6 is 0 Å². The Balaban J connectivity index is -0.0000000267. The Morgan fingerprint density at radius 2 is 0.692 bits per heavy atom. The molecule has 0 fully saturated rings. The van der Waals surface area contributed by atoms with E-state index in [1.54, 1.807) is 0 Å². The van der Waals surface area contributed by atoms with Crippen molar-refractivity contribution in [2.24, 2.45) is 0 Å². The second-order valence-electron chi connectivity index (χ2n) is 1.12. The first-order valence-corrected chi connectivity index (χ1v) is 4.73. The van der Waals surface area contributed by atoms with Crippen LogP contribution in [0.1, 0.15) is 0 Å². The Kier molecular flexibility index (Phi) is 29.4. The molecular formula is C2H4Na3O6S2-. The summed E-state index contributed by atoms with van der Waals surface area (Å²) in [5, 5.41) is 0. The van der Waals surface area contributed by atoms with E-state index in [1.807, 2.05) is 0 Å². The minimum Gasteiger partial charge on any atom is -0.774 e. The van der Waals surface area contributed by atoms with Crippen LogP contribution in [-0.2, 0) is 20.2 Å². The first-order valence-electron chi connectivity index (χ1n) is 1.58. The van der Waals surface area contributed by atoms with Crippen molar-refractivity contribution in [1.29, 1.82) is 0 Å². The zero-order valence-electron chi connectivity index (χ0n) is 7.68. The van der Waals surface area contributed by atoms with Gasteiger partial charge in [-0.3, -0.25) is 16.8 Å². The molecule has 0 radical (unpaired) electrons. The van der Waals surface area contributed by atoms with E-state index in [2.05, 4.69) is 12.5 Å². The van der Waals surface area contributed by atoms with E-state index in [0.29, 0.717) is 0 Å². The van der Waals surface area contributed by atoms with Crippen LogP contribution in [0.15, 0.2) is 0 Å². The van der Waals surface area contributed by atoms with Crippen molar-refractivity contribution in [3.05, 3.63) is 12.5 Å². The smallest absolute Gasteiger partial charge is 0.774 e. The van der Waals surface area contributed by atoms with Gasteiger partial charge in [-0.2, -0.15) is 0 Å². The molecule has 0 aromatic heterocycles. The molecule has 0 bridgehead atoms. The predicted molar refractivity (Wildman–Crippen MR) is 30.1 cm³/mol. The standard InChI is InChI=1S/2CH3O3S.3Na/c2*1-5(2,3)4;;;/h2*1H2,(H,2,3,4);;;/q2*-1;3*+1/p-2.